The highest BCUT2D eigenvalue weighted by molar-refractivity contribution is 5.83. The third kappa shape index (κ3) is 5.51. The van der Waals surface area contributed by atoms with Crippen LogP contribution >= 0.6 is 0 Å². The molecule has 42 heavy (non-hydrogen) atoms. The van der Waals surface area contributed by atoms with Gasteiger partial charge >= 0.3 is 0 Å². The lowest BCUT2D eigenvalue weighted by Crippen LogP contribution is -2.49. The zero-order valence-corrected chi connectivity index (χ0v) is 23.6. The van der Waals surface area contributed by atoms with Gasteiger partial charge in [0.2, 0.25) is 0 Å². The SMILES string of the molecule is Cc1cc(C)c2[nH]c(=O)c([C@@H](c3nnnn3CCc3ccccc3)N3CCN(c4ccc([N+](=O)[O-])cc4)CC3)cc2c1. The van der Waals surface area contributed by atoms with Crippen molar-refractivity contribution >= 4 is 22.3 Å². The minimum atomic E-state index is -0.455. The number of nitro benzene ring substituents is 1. The fourth-order valence-electron chi connectivity index (χ4n) is 5.88. The summed E-state index contributed by atoms with van der Waals surface area (Å²) in [5, 5.41) is 24.9. The van der Waals surface area contributed by atoms with Crippen LogP contribution in [-0.4, -0.2) is 61.2 Å². The van der Waals surface area contributed by atoms with Gasteiger partial charge in [0.25, 0.3) is 11.2 Å². The maximum absolute atomic E-state index is 13.7. The Bertz CT molecular complexity index is 1770. The largest absolute Gasteiger partial charge is 0.369 e. The number of aryl methyl sites for hydroxylation is 4. The van der Waals surface area contributed by atoms with Gasteiger partial charge in [-0.05, 0) is 71.5 Å². The van der Waals surface area contributed by atoms with E-state index in [1.54, 1.807) is 12.1 Å². The van der Waals surface area contributed by atoms with Gasteiger partial charge in [-0.15, -0.1) is 5.10 Å². The van der Waals surface area contributed by atoms with Crippen LogP contribution in [0.3, 0.4) is 0 Å². The van der Waals surface area contributed by atoms with E-state index in [0.717, 1.165) is 34.1 Å². The van der Waals surface area contributed by atoms with Gasteiger partial charge in [0.15, 0.2) is 5.82 Å². The maximum Gasteiger partial charge on any atom is 0.269 e. The van der Waals surface area contributed by atoms with Crippen LogP contribution in [0.15, 0.2) is 77.6 Å². The number of aromatic nitrogens is 5. The van der Waals surface area contributed by atoms with E-state index in [4.69, 9.17) is 0 Å². The molecule has 2 aromatic heterocycles. The van der Waals surface area contributed by atoms with Crippen LogP contribution in [0.25, 0.3) is 10.9 Å². The molecular formula is C31H32N8O3. The Hall–Kier alpha value is -4.90. The van der Waals surface area contributed by atoms with Crippen molar-refractivity contribution in [2.75, 3.05) is 31.1 Å². The molecule has 0 amide bonds. The second-order valence-electron chi connectivity index (χ2n) is 10.8. The van der Waals surface area contributed by atoms with Crippen LogP contribution in [0.2, 0.25) is 0 Å². The van der Waals surface area contributed by atoms with E-state index in [1.165, 1.54) is 17.7 Å². The molecule has 214 valence electrons. The fraction of sp³-hybridized carbons (Fsp3) is 0.290. The zero-order chi connectivity index (χ0) is 29.2. The van der Waals surface area contributed by atoms with Crippen molar-refractivity contribution in [2.24, 2.45) is 0 Å². The minimum Gasteiger partial charge on any atom is -0.369 e. The van der Waals surface area contributed by atoms with Gasteiger partial charge in [-0.1, -0.05) is 42.0 Å². The van der Waals surface area contributed by atoms with Crippen molar-refractivity contribution < 1.29 is 4.92 Å². The third-order valence-corrected chi connectivity index (χ3v) is 7.98. The summed E-state index contributed by atoms with van der Waals surface area (Å²) in [5.74, 6) is 0.629. The van der Waals surface area contributed by atoms with Crippen LogP contribution in [0.4, 0.5) is 11.4 Å². The highest BCUT2D eigenvalue weighted by Gasteiger charge is 2.33. The lowest BCUT2D eigenvalue weighted by molar-refractivity contribution is -0.384. The topological polar surface area (TPSA) is 126 Å². The summed E-state index contributed by atoms with van der Waals surface area (Å²) >= 11 is 0. The van der Waals surface area contributed by atoms with Crippen LogP contribution in [0, 0.1) is 24.0 Å². The van der Waals surface area contributed by atoms with Crippen LogP contribution in [0.1, 0.15) is 34.1 Å². The molecule has 3 heterocycles. The minimum absolute atomic E-state index is 0.0702. The number of nitro groups is 1. The molecule has 0 radical (unpaired) electrons. The zero-order valence-electron chi connectivity index (χ0n) is 23.6. The molecule has 0 spiro atoms. The van der Waals surface area contributed by atoms with Gasteiger partial charge in [0.1, 0.15) is 6.04 Å². The van der Waals surface area contributed by atoms with Crippen LogP contribution < -0.4 is 10.5 Å². The van der Waals surface area contributed by atoms with E-state index in [9.17, 15) is 14.9 Å². The van der Waals surface area contributed by atoms with E-state index in [0.29, 0.717) is 44.1 Å². The number of hydrogen-bond acceptors (Lipinski definition) is 8. The molecule has 1 aliphatic heterocycles. The Morgan fingerprint density at radius 3 is 2.43 bits per heavy atom. The average Bonchev–Trinajstić information content (AvgIpc) is 3.46. The van der Waals surface area contributed by atoms with E-state index in [-0.39, 0.29) is 11.2 Å². The number of pyridine rings is 1. The predicted octanol–water partition coefficient (Wildman–Crippen LogP) is 4.19. The number of nitrogens with zero attached hydrogens (tertiary/aromatic N) is 7. The summed E-state index contributed by atoms with van der Waals surface area (Å²) < 4.78 is 1.81. The van der Waals surface area contributed by atoms with E-state index in [2.05, 4.69) is 61.5 Å². The van der Waals surface area contributed by atoms with Crippen molar-refractivity contribution in [1.82, 2.24) is 30.1 Å². The number of piperazine rings is 1. The summed E-state index contributed by atoms with van der Waals surface area (Å²) in [4.78, 5) is 32.0. The molecule has 1 aliphatic rings. The number of fused-ring (bicyclic) bond motifs is 1. The monoisotopic (exact) mass is 564 g/mol. The third-order valence-electron chi connectivity index (χ3n) is 7.98. The molecule has 1 atom stereocenters. The van der Waals surface area contributed by atoms with Crippen molar-refractivity contribution in [1.29, 1.82) is 0 Å². The fourth-order valence-corrected chi connectivity index (χ4v) is 5.88. The molecule has 5 aromatic rings. The van der Waals surface area contributed by atoms with Crippen molar-refractivity contribution in [2.45, 2.75) is 32.9 Å². The first kappa shape index (κ1) is 27.3. The second kappa shape index (κ2) is 11.5. The number of aromatic amines is 1. The molecule has 11 heteroatoms. The molecule has 1 saturated heterocycles. The number of nitrogens with one attached hydrogen (secondary N) is 1. The number of rotatable bonds is 8. The predicted molar refractivity (Wildman–Crippen MR) is 161 cm³/mol. The number of hydrogen-bond donors (Lipinski definition) is 1. The Morgan fingerprint density at radius 2 is 1.71 bits per heavy atom. The first-order valence-corrected chi connectivity index (χ1v) is 14.0. The Labute approximate surface area is 242 Å². The molecule has 1 fully saturated rings. The number of non-ortho nitro benzene ring substituents is 1. The summed E-state index contributed by atoms with van der Waals surface area (Å²) in [5.41, 5.74) is 5.61. The summed E-state index contributed by atoms with van der Waals surface area (Å²) in [6, 6.07) is 22.5. The van der Waals surface area contributed by atoms with E-state index >= 15 is 0 Å². The summed E-state index contributed by atoms with van der Waals surface area (Å²) in [7, 11) is 0. The molecule has 0 unspecified atom stereocenters. The molecule has 0 bridgehead atoms. The molecule has 11 nitrogen and oxygen atoms in total. The molecule has 6 rings (SSSR count). The van der Waals surface area contributed by atoms with Crippen molar-refractivity contribution in [3.8, 4) is 0 Å². The quantitative estimate of drug-likeness (QED) is 0.220. The lowest BCUT2D eigenvalue weighted by atomic mass is 10.00. The molecule has 0 saturated carbocycles. The van der Waals surface area contributed by atoms with Crippen LogP contribution in [0.5, 0.6) is 0 Å². The van der Waals surface area contributed by atoms with Gasteiger partial charge in [-0.3, -0.25) is 19.8 Å². The summed E-state index contributed by atoms with van der Waals surface area (Å²) in [6.45, 7) is 7.30. The first-order chi connectivity index (χ1) is 20.4. The van der Waals surface area contributed by atoms with Gasteiger partial charge in [-0.2, -0.15) is 0 Å². The van der Waals surface area contributed by atoms with Gasteiger partial charge in [0, 0.05) is 56.1 Å². The smallest absolute Gasteiger partial charge is 0.269 e. The van der Waals surface area contributed by atoms with Crippen LogP contribution in [-0.2, 0) is 13.0 Å². The average molecular weight is 565 g/mol. The van der Waals surface area contributed by atoms with Gasteiger partial charge in [0.05, 0.1) is 10.4 Å². The standard InChI is InChI=1S/C31H32N8O3/c1-21-18-22(2)28-24(19-21)20-27(31(40)32-28)29(30-33-34-35-38(30)13-12-23-6-4-3-5-7-23)37-16-14-36(15-17-37)25-8-10-26(11-9-25)39(41)42/h3-11,18-20,29H,12-17H2,1-2H3,(H,32,40)/t29-/m0/s1. The molecular weight excluding hydrogens is 532 g/mol. The number of tetrazole rings is 1. The number of benzene rings is 3. The van der Waals surface area contributed by atoms with E-state index < -0.39 is 11.0 Å². The first-order valence-electron chi connectivity index (χ1n) is 14.0. The molecule has 1 N–H and O–H groups in total. The highest BCUT2D eigenvalue weighted by atomic mass is 16.6. The lowest BCUT2D eigenvalue weighted by Gasteiger charge is -2.39. The van der Waals surface area contributed by atoms with Gasteiger partial charge < -0.3 is 9.88 Å². The van der Waals surface area contributed by atoms with Crippen molar-refractivity contribution in [3.05, 3.63) is 121 Å². The highest BCUT2D eigenvalue weighted by Crippen LogP contribution is 2.30. The van der Waals surface area contributed by atoms with Gasteiger partial charge in [-0.25, -0.2) is 4.68 Å². The molecule has 0 aliphatic carbocycles. The summed E-state index contributed by atoms with van der Waals surface area (Å²) in [6.07, 6.45) is 0.756. The maximum atomic E-state index is 13.7. The Morgan fingerprint density at radius 1 is 0.976 bits per heavy atom. The van der Waals surface area contributed by atoms with E-state index in [1.807, 2.05) is 35.9 Å². The normalized spacial score (nSPS) is 14.8. The molecule has 3 aromatic carbocycles. The number of H-pyrrole nitrogens is 1. The Kier molecular flexibility index (Phi) is 7.49. The number of anilines is 1. The van der Waals surface area contributed by atoms with Crippen molar-refractivity contribution in [3.63, 3.8) is 0 Å². The Balaban J connectivity index is 1.34. The second-order valence-corrected chi connectivity index (χ2v) is 10.8.